The van der Waals surface area contributed by atoms with Gasteiger partial charge < -0.3 is 15.4 Å². The van der Waals surface area contributed by atoms with Gasteiger partial charge >= 0.3 is 6.18 Å². The average molecular weight is 457 g/mol. The fraction of sp³-hybridized carbons (Fsp3) is 0.562. The van der Waals surface area contributed by atoms with Crippen LogP contribution in [0.5, 0.6) is 5.75 Å². The fourth-order valence-electron chi connectivity index (χ4n) is 2.37. The van der Waals surface area contributed by atoms with Crippen LogP contribution < -0.4 is 10.5 Å². The molecular weight excluding hydrogens is 434 g/mol. The Morgan fingerprint density at radius 3 is 2.38 bits per heavy atom. The van der Waals surface area contributed by atoms with Gasteiger partial charge in [0.2, 0.25) is 0 Å². The van der Waals surface area contributed by atoms with Crippen molar-refractivity contribution >= 4 is 29.9 Å². The van der Waals surface area contributed by atoms with Crippen LogP contribution in [0.4, 0.5) is 13.2 Å². The van der Waals surface area contributed by atoms with Gasteiger partial charge in [0.05, 0.1) is 6.54 Å². The van der Waals surface area contributed by atoms with Crippen molar-refractivity contribution in [1.82, 2.24) is 4.90 Å². The second-order valence-corrected chi connectivity index (χ2v) is 5.89. The molecule has 1 saturated heterocycles. The van der Waals surface area contributed by atoms with Crippen molar-refractivity contribution < 1.29 is 17.9 Å². The molecule has 0 aliphatic carbocycles. The summed E-state index contributed by atoms with van der Waals surface area (Å²) >= 11 is 0. The van der Waals surface area contributed by atoms with Crippen LogP contribution in [0, 0.1) is 5.92 Å². The number of ether oxygens (including phenoxy) is 1. The second-order valence-electron chi connectivity index (χ2n) is 5.89. The monoisotopic (exact) mass is 457 g/mol. The predicted octanol–water partition coefficient (Wildman–Crippen LogP) is 3.79. The SMILES string of the molecule is CC1CCN(C(N)=NCc2ccc(OCC(F)(F)F)cc2)CC1.I. The quantitative estimate of drug-likeness (QED) is 0.426. The summed E-state index contributed by atoms with van der Waals surface area (Å²) in [7, 11) is 0. The van der Waals surface area contributed by atoms with Gasteiger partial charge in [-0.1, -0.05) is 19.1 Å². The maximum absolute atomic E-state index is 12.1. The normalized spacial score (nSPS) is 16.7. The number of rotatable bonds is 4. The van der Waals surface area contributed by atoms with Crippen molar-refractivity contribution in [1.29, 1.82) is 0 Å². The molecular formula is C16H23F3IN3O. The van der Waals surface area contributed by atoms with Gasteiger partial charge in [-0.15, -0.1) is 24.0 Å². The summed E-state index contributed by atoms with van der Waals surface area (Å²) in [5.74, 6) is 1.44. The van der Waals surface area contributed by atoms with Crippen molar-refractivity contribution in [2.45, 2.75) is 32.5 Å². The van der Waals surface area contributed by atoms with Crippen molar-refractivity contribution in [2.24, 2.45) is 16.6 Å². The number of aliphatic imine (C=N–C) groups is 1. The molecule has 2 rings (SSSR count). The van der Waals surface area contributed by atoms with Crippen LogP contribution >= 0.6 is 24.0 Å². The largest absolute Gasteiger partial charge is 0.484 e. The van der Waals surface area contributed by atoms with E-state index in [0.29, 0.717) is 12.5 Å². The van der Waals surface area contributed by atoms with E-state index in [1.807, 2.05) is 0 Å². The smallest absolute Gasteiger partial charge is 0.422 e. The molecule has 0 saturated carbocycles. The van der Waals surface area contributed by atoms with Crippen LogP contribution in [-0.4, -0.2) is 36.7 Å². The molecule has 1 aliphatic heterocycles. The summed E-state index contributed by atoms with van der Waals surface area (Å²) < 4.78 is 40.9. The van der Waals surface area contributed by atoms with Crippen molar-refractivity contribution in [3.8, 4) is 5.75 Å². The fourth-order valence-corrected chi connectivity index (χ4v) is 2.37. The number of halogens is 4. The maximum atomic E-state index is 12.1. The Morgan fingerprint density at radius 1 is 1.25 bits per heavy atom. The first-order chi connectivity index (χ1) is 10.8. The number of piperidine rings is 1. The van der Waals surface area contributed by atoms with Crippen LogP contribution in [0.25, 0.3) is 0 Å². The molecule has 136 valence electrons. The van der Waals surface area contributed by atoms with E-state index in [-0.39, 0.29) is 29.7 Å². The van der Waals surface area contributed by atoms with Crippen LogP contribution in [0.1, 0.15) is 25.3 Å². The Kier molecular flexibility index (Phi) is 8.11. The highest BCUT2D eigenvalue weighted by molar-refractivity contribution is 14.0. The minimum absolute atomic E-state index is 0. The molecule has 8 heteroatoms. The van der Waals surface area contributed by atoms with Crippen LogP contribution in [0.3, 0.4) is 0 Å². The molecule has 0 unspecified atom stereocenters. The van der Waals surface area contributed by atoms with E-state index < -0.39 is 12.8 Å². The summed E-state index contributed by atoms with van der Waals surface area (Å²) in [5.41, 5.74) is 6.87. The molecule has 0 amide bonds. The van der Waals surface area contributed by atoms with Crippen LogP contribution in [0.15, 0.2) is 29.3 Å². The Labute approximate surface area is 157 Å². The van der Waals surface area contributed by atoms with Crippen LogP contribution in [-0.2, 0) is 6.54 Å². The predicted molar refractivity (Wildman–Crippen MR) is 98.7 cm³/mol. The highest BCUT2D eigenvalue weighted by Crippen LogP contribution is 2.19. The highest BCUT2D eigenvalue weighted by atomic mass is 127. The molecule has 0 spiro atoms. The third-order valence-corrected chi connectivity index (χ3v) is 3.86. The minimum Gasteiger partial charge on any atom is -0.484 e. The van der Waals surface area contributed by atoms with Gasteiger partial charge in [0.15, 0.2) is 12.6 Å². The molecule has 0 aromatic heterocycles. The topological polar surface area (TPSA) is 50.8 Å². The van der Waals surface area contributed by atoms with Gasteiger partial charge in [0.1, 0.15) is 5.75 Å². The molecule has 4 nitrogen and oxygen atoms in total. The molecule has 2 N–H and O–H groups in total. The van der Waals surface area contributed by atoms with E-state index in [1.165, 1.54) is 12.1 Å². The summed E-state index contributed by atoms with van der Waals surface area (Å²) in [6, 6.07) is 6.41. The number of likely N-dealkylation sites (tertiary alicyclic amines) is 1. The molecule has 1 aromatic carbocycles. The van der Waals surface area contributed by atoms with Gasteiger partial charge in [-0.2, -0.15) is 13.2 Å². The highest BCUT2D eigenvalue weighted by Gasteiger charge is 2.28. The first-order valence-corrected chi connectivity index (χ1v) is 7.67. The molecule has 0 bridgehead atoms. The van der Waals surface area contributed by atoms with E-state index in [0.717, 1.165) is 37.4 Å². The molecule has 1 heterocycles. The lowest BCUT2D eigenvalue weighted by atomic mass is 10.00. The first-order valence-electron chi connectivity index (χ1n) is 7.67. The molecule has 0 radical (unpaired) electrons. The van der Waals surface area contributed by atoms with Gasteiger partial charge in [-0.3, -0.25) is 0 Å². The van der Waals surface area contributed by atoms with E-state index >= 15 is 0 Å². The zero-order valence-electron chi connectivity index (χ0n) is 13.6. The van der Waals surface area contributed by atoms with Gasteiger partial charge in [0.25, 0.3) is 0 Å². The Balaban J connectivity index is 0.00000288. The number of nitrogens with two attached hydrogens (primary N) is 1. The minimum atomic E-state index is -4.33. The summed E-state index contributed by atoms with van der Waals surface area (Å²) in [6.07, 6.45) is -2.10. The van der Waals surface area contributed by atoms with Crippen molar-refractivity contribution in [3.63, 3.8) is 0 Å². The number of benzene rings is 1. The van der Waals surface area contributed by atoms with Gasteiger partial charge in [-0.25, -0.2) is 4.99 Å². The lowest BCUT2D eigenvalue weighted by molar-refractivity contribution is -0.153. The maximum Gasteiger partial charge on any atom is 0.422 e. The number of hydrogen-bond donors (Lipinski definition) is 1. The van der Waals surface area contributed by atoms with Gasteiger partial charge in [-0.05, 0) is 36.5 Å². The number of guanidine groups is 1. The molecule has 0 atom stereocenters. The molecule has 1 fully saturated rings. The standard InChI is InChI=1S/C16H22F3N3O.HI/c1-12-6-8-22(9-7-12)15(20)21-10-13-2-4-14(5-3-13)23-11-16(17,18)19;/h2-5,12H,6-11H2,1H3,(H2,20,21);1H. The number of hydrogen-bond acceptors (Lipinski definition) is 2. The lowest BCUT2D eigenvalue weighted by Crippen LogP contribution is -2.42. The molecule has 24 heavy (non-hydrogen) atoms. The first kappa shape index (κ1) is 20.9. The lowest BCUT2D eigenvalue weighted by Gasteiger charge is -2.31. The van der Waals surface area contributed by atoms with Gasteiger partial charge in [0, 0.05) is 13.1 Å². The molecule has 1 aliphatic rings. The second kappa shape index (κ2) is 9.33. The Morgan fingerprint density at radius 2 is 1.83 bits per heavy atom. The van der Waals surface area contributed by atoms with E-state index in [4.69, 9.17) is 5.73 Å². The Bertz CT molecular complexity index is 526. The van der Waals surface area contributed by atoms with E-state index in [2.05, 4.69) is 21.6 Å². The molecule has 1 aromatic rings. The summed E-state index contributed by atoms with van der Waals surface area (Å²) in [6.45, 7) is 3.18. The summed E-state index contributed by atoms with van der Waals surface area (Å²) in [4.78, 5) is 6.43. The van der Waals surface area contributed by atoms with Crippen molar-refractivity contribution in [2.75, 3.05) is 19.7 Å². The van der Waals surface area contributed by atoms with Crippen molar-refractivity contribution in [3.05, 3.63) is 29.8 Å². The summed E-state index contributed by atoms with van der Waals surface area (Å²) in [5, 5.41) is 0. The zero-order valence-corrected chi connectivity index (χ0v) is 15.9. The average Bonchev–Trinajstić information content (AvgIpc) is 2.51. The Hall–Kier alpha value is -1.19. The zero-order chi connectivity index (χ0) is 16.9. The van der Waals surface area contributed by atoms with Crippen LogP contribution in [0.2, 0.25) is 0 Å². The van der Waals surface area contributed by atoms with E-state index in [1.54, 1.807) is 12.1 Å². The third-order valence-electron chi connectivity index (χ3n) is 3.86. The van der Waals surface area contributed by atoms with E-state index in [9.17, 15) is 13.2 Å². The number of nitrogens with zero attached hydrogens (tertiary/aromatic N) is 2. The number of alkyl halides is 3. The third kappa shape index (κ3) is 7.14.